The van der Waals surface area contributed by atoms with Crippen LogP contribution in [-0.2, 0) is 27.8 Å². The van der Waals surface area contributed by atoms with E-state index >= 15 is 0 Å². The number of hydrogen-bond donors (Lipinski definition) is 2. The van der Waals surface area contributed by atoms with Crippen molar-refractivity contribution in [1.29, 1.82) is 0 Å². The quantitative estimate of drug-likeness (QED) is 0.873. The molecule has 1 amide bonds. The van der Waals surface area contributed by atoms with E-state index in [9.17, 15) is 18.3 Å². The number of anilines is 1. The topological polar surface area (TPSA) is 86.7 Å². The van der Waals surface area contributed by atoms with Gasteiger partial charge in [-0.25, -0.2) is 9.03 Å². The minimum atomic E-state index is -3.92. The lowest BCUT2D eigenvalue weighted by atomic mass is 9.98. The van der Waals surface area contributed by atoms with Gasteiger partial charge in [0, 0.05) is 0 Å². The molecule has 1 heterocycles. The molecule has 6 nitrogen and oxygen atoms in total. The number of phenols is 1. The van der Waals surface area contributed by atoms with E-state index < -0.39 is 16.1 Å². The zero-order valence-electron chi connectivity index (χ0n) is 14.1. The molecule has 0 atom stereocenters. The molecular weight excluding hydrogens is 340 g/mol. The van der Waals surface area contributed by atoms with Gasteiger partial charge in [0.2, 0.25) is 0 Å². The first kappa shape index (κ1) is 17.3. The number of phenolic OH excluding ortho intramolecular Hbond substituents is 1. The second kappa shape index (κ2) is 6.40. The van der Waals surface area contributed by atoms with Crippen LogP contribution in [0.1, 0.15) is 22.3 Å². The third-order valence-electron chi connectivity index (χ3n) is 4.32. The lowest BCUT2D eigenvalue weighted by Crippen LogP contribution is -2.29. The number of aryl methyl sites for hydroxylation is 4. The monoisotopic (exact) mass is 360 g/mol. The van der Waals surface area contributed by atoms with Crippen molar-refractivity contribution in [2.24, 2.45) is 0 Å². The van der Waals surface area contributed by atoms with Gasteiger partial charge >= 0.3 is 10.2 Å². The van der Waals surface area contributed by atoms with Crippen molar-refractivity contribution in [1.82, 2.24) is 4.72 Å². The Balaban J connectivity index is 1.78. The average Bonchev–Trinajstić information content (AvgIpc) is 2.81. The summed E-state index contributed by atoms with van der Waals surface area (Å²) in [6.07, 6.45) is 1.55. The summed E-state index contributed by atoms with van der Waals surface area (Å²) < 4.78 is 26.5. The number of carbonyl (C=O) groups excluding carboxylic acids is 1. The predicted octanol–water partition coefficient (Wildman–Crippen LogP) is 1.98. The van der Waals surface area contributed by atoms with E-state index in [1.165, 1.54) is 22.8 Å². The van der Waals surface area contributed by atoms with Crippen molar-refractivity contribution in [3.63, 3.8) is 0 Å². The van der Waals surface area contributed by atoms with E-state index in [1.54, 1.807) is 12.1 Å². The van der Waals surface area contributed by atoms with Gasteiger partial charge in [0.05, 0.1) is 5.69 Å². The second-order valence-electron chi connectivity index (χ2n) is 6.29. The number of carbonyl (C=O) groups is 1. The lowest BCUT2D eigenvalue weighted by Gasteiger charge is -2.16. The minimum Gasteiger partial charge on any atom is -0.506 e. The number of nitrogens with one attached hydrogen (secondary N) is 1. The van der Waals surface area contributed by atoms with Crippen molar-refractivity contribution in [2.45, 2.75) is 26.7 Å². The van der Waals surface area contributed by atoms with E-state index in [2.05, 4.69) is 32.0 Å². The molecule has 7 heteroatoms. The third-order valence-corrected chi connectivity index (χ3v) is 5.71. The highest BCUT2D eigenvalue weighted by Crippen LogP contribution is 2.31. The summed E-state index contributed by atoms with van der Waals surface area (Å²) in [6.45, 7) is 3.80. The van der Waals surface area contributed by atoms with Crippen LogP contribution >= 0.6 is 0 Å². The molecule has 0 aliphatic carbocycles. The highest BCUT2D eigenvalue weighted by atomic mass is 32.2. The van der Waals surface area contributed by atoms with E-state index in [1.807, 2.05) is 4.72 Å². The lowest BCUT2D eigenvalue weighted by molar-refractivity contribution is -0.117. The first-order valence-corrected chi connectivity index (χ1v) is 9.41. The fourth-order valence-electron chi connectivity index (χ4n) is 2.95. The van der Waals surface area contributed by atoms with Gasteiger partial charge in [-0.1, -0.05) is 29.8 Å². The summed E-state index contributed by atoms with van der Waals surface area (Å²) in [6, 6.07) is 11.2. The van der Waals surface area contributed by atoms with Gasteiger partial charge in [-0.05, 0) is 55.5 Å². The minimum absolute atomic E-state index is 0.105. The molecule has 0 radical (unpaired) electrons. The normalized spacial score (nSPS) is 16.1. The largest absolute Gasteiger partial charge is 0.506 e. The number of rotatable bonds is 4. The Morgan fingerprint density at radius 3 is 2.52 bits per heavy atom. The van der Waals surface area contributed by atoms with Crippen LogP contribution in [0.4, 0.5) is 5.69 Å². The molecule has 0 unspecified atom stereocenters. The fraction of sp³-hybridized carbons (Fsp3) is 0.278. The van der Waals surface area contributed by atoms with E-state index in [0.717, 1.165) is 22.7 Å². The molecule has 1 aliphatic rings. The predicted molar refractivity (Wildman–Crippen MR) is 95.8 cm³/mol. The molecule has 0 aromatic heterocycles. The van der Waals surface area contributed by atoms with E-state index in [0.29, 0.717) is 0 Å². The first-order chi connectivity index (χ1) is 11.8. The number of benzene rings is 2. The Hall–Kier alpha value is -2.54. The Morgan fingerprint density at radius 1 is 1.12 bits per heavy atom. The zero-order valence-corrected chi connectivity index (χ0v) is 14.9. The molecule has 1 aliphatic heterocycles. The molecule has 0 bridgehead atoms. The van der Waals surface area contributed by atoms with Crippen molar-refractivity contribution >= 4 is 21.8 Å². The van der Waals surface area contributed by atoms with Gasteiger partial charge in [0.25, 0.3) is 5.91 Å². The maximum Gasteiger partial charge on any atom is 0.326 e. The molecule has 2 aromatic rings. The number of hydrogen-bond acceptors (Lipinski definition) is 4. The van der Waals surface area contributed by atoms with Crippen LogP contribution in [-0.4, -0.2) is 26.0 Å². The molecule has 25 heavy (non-hydrogen) atoms. The molecule has 0 spiro atoms. The summed E-state index contributed by atoms with van der Waals surface area (Å²) in [5.41, 5.74) is 4.68. The fourth-order valence-corrected chi connectivity index (χ4v) is 4.11. The van der Waals surface area contributed by atoms with Crippen molar-refractivity contribution in [3.8, 4) is 5.75 Å². The number of aromatic hydroxyl groups is 1. The maximum absolute atomic E-state index is 11.9. The van der Waals surface area contributed by atoms with Gasteiger partial charge in [-0.3, -0.25) is 4.79 Å². The highest BCUT2D eigenvalue weighted by Gasteiger charge is 2.35. The van der Waals surface area contributed by atoms with Crippen LogP contribution in [0.2, 0.25) is 0 Å². The Morgan fingerprint density at radius 2 is 1.88 bits per heavy atom. The average molecular weight is 360 g/mol. The van der Waals surface area contributed by atoms with Crippen LogP contribution in [0.15, 0.2) is 36.4 Å². The Kier molecular flexibility index (Phi) is 4.43. The standard InChI is InChI=1S/C18H20N2O4S/c1-12-3-4-13(2)15(9-12)7-5-14-6-8-16(17(21)10-14)20-11-18(22)19-25(20,23)24/h3-4,6,8-10,21H,5,7,11H2,1-2H3,(H,19,22). The summed E-state index contributed by atoms with van der Waals surface area (Å²) in [5.74, 6) is -0.767. The molecule has 2 aromatic carbocycles. The van der Waals surface area contributed by atoms with Crippen LogP contribution in [0, 0.1) is 13.8 Å². The van der Waals surface area contributed by atoms with Gasteiger partial charge in [-0.2, -0.15) is 8.42 Å². The third kappa shape index (κ3) is 3.61. The van der Waals surface area contributed by atoms with Crippen molar-refractivity contribution in [2.75, 3.05) is 10.8 Å². The summed E-state index contributed by atoms with van der Waals surface area (Å²) in [4.78, 5) is 11.3. The van der Waals surface area contributed by atoms with Crippen LogP contribution in [0.3, 0.4) is 0 Å². The van der Waals surface area contributed by atoms with Gasteiger partial charge in [0.15, 0.2) is 0 Å². The van der Waals surface area contributed by atoms with Crippen LogP contribution in [0.5, 0.6) is 5.75 Å². The molecule has 1 fully saturated rings. The zero-order chi connectivity index (χ0) is 18.2. The summed E-state index contributed by atoms with van der Waals surface area (Å²) in [5, 5.41) is 10.2. The smallest absolute Gasteiger partial charge is 0.326 e. The van der Waals surface area contributed by atoms with Crippen LogP contribution in [0.25, 0.3) is 0 Å². The Bertz CT molecular complexity index is 938. The van der Waals surface area contributed by atoms with Gasteiger partial charge in [-0.15, -0.1) is 0 Å². The van der Waals surface area contributed by atoms with E-state index in [-0.39, 0.29) is 18.0 Å². The molecule has 1 saturated heterocycles. The van der Waals surface area contributed by atoms with E-state index in [4.69, 9.17) is 0 Å². The second-order valence-corrected chi connectivity index (χ2v) is 7.88. The first-order valence-electron chi connectivity index (χ1n) is 7.97. The summed E-state index contributed by atoms with van der Waals surface area (Å²) in [7, 11) is -3.92. The number of amides is 1. The van der Waals surface area contributed by atoms with Crippen molar-refractivity contribution in [3.05, 3.63) is 58.7 Å². The molecular formula is C18H20N2O4S. The summed E-state index contributed by atoms with van der Waals surface area (Å²) >= 11 is 0. The molecule has 2 N–H and O–H groups in total. The van der Waals surface area contributed by atoms with Crippen molar-refractivity contribution < 1.29 is 18.3 Å². The van der Waals surface area contributed by atoms with Gasteiger partial charge < -0.3 is 5.11 Å². The number of nitrogens with zero attached hydrogens (tertiary/aromatic N) is 1. The van der Waals surface area contributed by atoms with Gasteiger partial charge in [0.1, 0.15) is 12.3 Å². The molecule has 0 saturated carbocycles. The molecule has 132 valence electrons. The Labute approximate surface area is 147 Å². The highest BCUT2D eigenvalue weighted by molar-refractivity contribution is 7.92. The molecule has 3 rings (SSSR count). The van der Waals surface area contributed by atoms with Crippen LogP contribution < -0.4 is 9.03 Å². The maximum atomic E-state index is 11.9. The SMILES string of the molecule is Cc1ccc(C)c(CCc2ccc(N3CC(=O)NS3(=O)=O)c(O)c2)c1.